The number of amides is 1. The minimum absolute atomic E-state index is 0.0176. The number of aromatic nitrogens is 2. The van der Waals surface area contributed by atoms with Crippen molar-refractivity contribution in [1.29, 1.82) is 0 Å². The van der Waals surface area contributed by atoms with E-state index < -0.39 is 12.7 Å². The Kier molecular flexibility index (Phi) is 5.41. The molecule has 2 heterocycles. The van der Waals surface area contributed by atoms with Crippen LogP contribution in [0.25, 0.3) is 0 Å². The van der Waals surface area contributed by atoms with E-state index in [1.54, 1.807) is 0 Å². The van der Waals surface area contributed by atoms with Crippen LogP contribution in [0.1, 0.15) is 13.3 Å². The van der Waals surface area contributed by atoms with E-state index in [0.29, 0.717) is 13.2 Å². The minimum atomic E-state index is -4.34. The Morgan fingerprint density at radius 1 is 1.55 bits per heavy atom. The smallest absolute Gasteiger partial charge is 0.378 e. The number of likely N-dealkylation sites (N-methyl/N-ethyl adjacent to an activating group) is 1. The van der Waals surface area contributed by atoms with Gasteiger partial charge in [0.2, 0.25) is 5.91 Å². The molecule has 1 amide bonds. The zero-order valence-electron chi connectivity index (χ0n) is 12.3. The Labute approximate surface area is 126 Å². The molecule has 0 spiro atoms. The molecule has 9 heteroatoms. The number of anilines is 1. The fourth-order valence-electron chi connectivity index (χ4n) is 2.40. The topological polar surface area (TPSA) is 59.4 Å². The predicted molar refractivity (Wildman–Crippen MR) is 73.4 cm³/mol. The number of carbonyl (C=O) groups is 1. The van der Waals surface area contributed by atoms with Crippen LogP contribution in [0.2, 0.25) is 0 Å². The van der Waals surface area contributed by atoms with Gasteiger partial charge in [-0.15, -0.1) is 0 Å². The highest BCUT2D eigenvalue weighted by atomic mass is 19.4. The number of morpholine rings is 1. The predicted octanol–water partition coefficient (Wildman–Crippen LogP) is 1.49. The summed E-state index contributed by atoms with van der Waals surface area (Å²) >= 11 is 0. The summed E-state index contributed by atoms with van der Waals surface area (Å²) in [6.45, 7) is 3.55. The number of rotatable bonds is 5. The molecule has 2 rings (SSSR count). The van der Waals surface area contributed by atoms with Crippen molar-refractivity contribution in [3.8, 4) is 0 Å². The summed E-state index contributed by atoms with van der Waals surface area (Å²) in [4.78, 5) is 14.1. The van der Waals surface area contributed by atoms with Crippen LogP contribution in [0.15, 0.2) is 12.3 Å². The van der Waals surface area contributed by atoms with Crippen LogP contribution >= 0.6 is 0 Å². The Morgan fingerprint density at radius 3 is 3.00 bits per heavy atom. The van der Waals surface area contributed by atoms with E-state index in [9.17, 15) is 18.0 Å². The van der Waals surface area contributed by atoms with Gasteiger partial charge in [-0.1, -0.05) is 6.92 Å². The number of hydrogen-bond acceptors (Lipinski definition) is 4. The number of nitrogens with one attached hydrogen (secondary N) is 1. The van der Waals surface area contributed by atoms with Crippen molar-refractivity contribution in [2.75, 3.05) is 31.6 Å². The number of nitrogens with zero attached hydrogens (tertiary/aromatic N) is 3. The van der Waals surface area contributed by atoms with E-state index in [2.05, 4.69) is 15.3 Å². The van der Waals surface area contributed by atoms with Gasteiger partial charge in [0.05, 0.1) is 13.2 Å². The fourth-order valence-corrected chi connectivity index (χ4v) is 2.40. The summed E-state index contributed by atoms with van der Waals surface area (Å²) in [5.74, 6) is -0.166. The highest BCUT2D eigenvalue weighted by molar-refractivity contribution is 5.90. The molecule has 0 aromatic carbocycles. The van der Waals surface area contributed by atoms with Gasteiger partial charge >= 0.3 is 6.18 Å². The molecular formula is C13H19F3N4O2. The quantitative estimate of drug-likeness (QED) is 0.893. The lowest BCUT2D eigenvalue weighted by molar-refractivity contribution is -0.142. The van der Waals surface area contributed by atoms with Gasteiger partial charge in [0, 0.05) is 31.3 Å². The van der Waals surface area contributed by atoms with E-state index in [1.165, 1.54) is 12.3 Å². The second-order valence-corrected chi connectivity index (χ2v) is 5.12. The molecule has 1 aromatic heterocycles. The van der Waals surface area contributed by atoms with Crippen LogP contribution in [0.4, 0.5) is 19.0 Å². The number of ether oxygens (including phenoxy) is 1. The summed E-state index contributed by atoms with van der Waals surface area (Å²) in [5.41, 5.74) is 0. The van der Waals surface area contributed by atoms with E-state index in [1.807, 2.05) is 6.92 Å². The molecule has 124 valence electrons. The van der Waals surface area contributed by atoms with Gasteiger partial charge in [-0.2, -0.15) is 18.3 Å². The van der Waals surface area contributed by atoms with Gasteiger partial charge in [0.15, 0.2) is 5.82 Å². The number of halogens is 3. The largest absolute Gasteiger partial charge is 0.408 e. The maximum absolute atomic E-state index is 12.2. The lowest BCUT2D eigenvalue weighted by atomic mass is 10.1. The molecule has 1 fully saturated rings. The zero-order chi connectivity index (χ0) is 16.2. The summed E-state index contributed by atoms with van der Waals surface area (Å²) in [6, 6.07) is 1.33. The Hall–Kier alpha value is -1.61. The van der Waals surface area contributed by atoms with Crippen molar-refractivity contribution in [3.63, 3.8) is 0 Å². The summed E-state index contributed by atoms with van der Waals surface area (Å²) < 4.78 is 42.8. The summed E-state index contributed by atoms with van der Waals surface area (Å²) in [6.07, 6.45) is -2.93. The molecule has 1 aliphatic rings. The maximum atomic E-state index is 12.2. The molecule has 22 heavy (non-hydrogen) atoms. The minimum Gasteiger partial charge on any atom is -0.378 e. The van der Waals surface area contributed by atoms with Crippen molar-refractivity contribution in [2.24, 2.45) is 0 Å². The van der Waals surface area contributed by atoms with Gasteiger partial charge in [0.1, 0.15) is 6.54 Å². The van der Waals surface area contributed by atoms with E-state index in [4.69, 9.17) is 4.74 Å². The lowest BCUT2D eigenvalue weighted by Gasteiger charge is -2.34. The highest BCUT2D eigenvalue weighted by Crippen LogP contribution is 2.18. The van der Waals surface area contributed by atoms with Gasteiger partial charge in [-0.05, 0) is 6.54 Å². The number of hydrogen-bond donors (Lipinski definition) is 1. The Balaban J connectivity index is 1.86. The first kappa shape index (κ1) is 16.8. The van der Waals surface area contributed by atoms with Gasteiger partial charge in [-0.25, -0.2) is 0 Å². The van der Waals surface area contributed by atoms with Gasteiger partial charge in [-0.3, -0.25) is 14.4 Å². The third-order valence-electron chi connectivity index (χ3n) is 3.43. The zero-order valence-corrected chi connectivity index (χ0v) is 12.3. The van der Waals surface area contributed by atoms with Crippen LogP contribution in [0.3, 0.4) is 0 Å². The molecule has 0 saturated carbocycles. The summed E-state index contributed by atoms with van der Waals surface area (Å²) in [7, 11) is 0. The molecule has 1 aliphatic heterocycles. The first-order chi connectivity index (χ1) is 10.4. The fraction of sp³-hybridized carbons (Fsp3) is 0.692. The molecule has 0 radical (unpaired) electrons. The molecule has 0 aliphatic carbocycles. The van der Waals surface area contributed by atoms with E-state index >= 15 is 0 Å². The third kappa shape index (κ3) is 4.99. The molecule has 1 atom stereocenters. The Morgan fingerprint density at radius 2 is 2.32 bits per heavy atom. The van der Waals surface area contributed by atoms with Crippen LogP contribution in [-0.4, -0.2) is 59.1 Å². The van der Waals surface area contributed by atoms with Crippen LogP contribution in [0.5, 0.6) is 0 Å². The monoisotopic (exact) mass is 320 g/mol. The third-order valence-corrected chi connectivity index (χ3v) is 3.43. The van der Waals surface area contributed by atoms with Gasteiger partial charge < -0.3 is 10.1 Å². The lowest BCUT2D eigenvalue weighted by Crippen LogP contribution is -2.46. The van der Waals surface area contributed by atoms with Crippen molar-refractivity contribution < 1.29 is 22.7 Å². The SMILES string of the molecule is CCN1CCOCC1CC(=O)Nc1ccn(CC(F)(F)F)n1. The normalized spacial score (nSPS) is 20.1. The number of alkyl halides is 3. The van der Waals surface area contributed by atoms with Crippen LogP contribution in [0, 0.1) is 0 Å². The highest BCUT2D eigenvalue weighted by Gasteiger charge is 2.28. The van der Waals surface area contributed by atoms with E-state index in [0.717, 1.165) is 17.8 Å². The Bertz CT molecular complexity index is 504. The number of carbonyl (C=O) groups excluding carboxylic acids is 1. The molecule has 0 bridgehead atoms. The first-order valence-corrected chi connectivity index (χ1v) is 7.09. The molecule has 1 aromatic rings. The molecular weight excluding hydrogens is 301 g/mol. The standard InChI is InChI=1S/C13H19F3N4O2/c1-2-19-5-6-22-8-10(19)7-12(21)17-11-3-4-20(18-11)9-13(14,15)16/h3-4,10H,2,5-9H2,1H3,(H,17,18,21). The van der Waals surface area contributed by atoms with Crippen LogP contribution in [-0.2, 0) is 16.1 Å². The molecule has 1 N–H and O–H groups in total. The van der Waals surface area contributed by atoms with Gasteiger partial charge in [0.25, 0.3) is 0 Å². The van der Waals surface area contributed by atoms with Crippen LogP contribution < -0.4 is 5.32 Å². The molecule has 1 saturated heterocycles. The van der Waals surface area contributed by atoms with E-state index in [-0.39, 0.29) is 24.2 Å². The maximum Gasteiger partial charge on any atom is 0.408 e. The van der Waals surface area contributed by atoms with Crippen molar-refractivity contribution in [2.45, 2.75) is 32.1 Å². The molecule has 1 unspecified atom stereocenters. The average molecular weight is 320 g/mol. The summed E-state index contributed by atoms with van der Waals surface area (Å²) in [5, 5.41) is 6.21. The second-order valence-electron chi connectivity index (χ2n) is 5.12. The van der Waals surface area contributed by atoms with Crippen molar-refractivity contribution in [3.05, 3.63) is 12.3 Å². The van der Waals surface area contributed by atoms with Crippen molar-refractivity contribution in [1.82, 2.24) is 14.7 Å². The van der Waals surface area contributed by atoms with Crippen molar-refractivity contribution >= 4 is 11.7 Å². The molecule has 6 nitrogen and oxygen atoms in total. The first-order valence-electron chi connectivity index (χ1n) is 7.09. The second kappa shape index (κ2) is 7.10. The average Bonchev–Trinajstić information content (AvgIpc) is 2.84.